The molecule has 1 unspecified atom stereocenters. The van der Waals surface area contributed by atoms with Crippen LogP contribution >= 0.6 is 0 Å². The van der Waals surface area contributed by atoms with Crippen LogP contribution in [0.5, 0.6) is 5.75 Å². The Kier molecular flexibility index (Phi) is 3.07. The molecule has 5 nitrogen and oxygen atoms in total. The normalized spacial score (nSPS) is 24.8. The lowest BCUT2D eigenvalue weighted by Crippen LogP contribution is -2.40. The van der Waals surface area contributed by atoms with E-state index in [9.17, 15) is 0 Å². The molecule has 94 valence electrons. The van der Waals surface area contributed by atoms with E-state index in [2.05, 4.69) is 16.1 Å². The van der Waals surface area contributed by atoms with E-state index < -0.39 is 11.8 Å². The first-order valence-electron chi connectivity index (χ1n) is 5.44. The third-order valence-corrected chi connectivity index (χ3v) is 2.33. The van der Waals surface area contributed by atoms with Crippen LogP contribution in [0.4, 0.5) is 0 Å². The molecule has 0 amide bonds. The van der Waals surface area contributed by atoms with Crippen LogP contribution in [0.15, 0.2) is 34.5 Å². The van der Waals surface area contributed by atoms with E-state index >= 15 is 0 Å². The minimum atomic E-state index is -1.57. The Labute approximate surface area is 106 Å². The van der Waals surface area contributed by atoms with Crippen LogP contribution in [0.1, 0.15) is 19.4 Å². The number of terminal acetylenes is 1. The molecule has 1 atom stereocenters. The lowest BCUT2D eigenvalue weighted by molar-refractivity contribution is -0.339. The molecular weight excluding hydrogens is 232 g/mol. The zero-order valence-electron chi connectivity index (χ0n) is 10.5. The molecule has 0 bridgehead atoms. The van der Waals surface area contributed by atoms with Gasteiger partial charge in [-0.25, -0.2) is 0 Å². The highest BCUT2D eigenvalue weighted by Gasteiger charge is 2.47. The van der Waals surface area contributed by atoms with Gasteiger partial charge in [-0.15, -0.1) is 6.42 Å². The molecule has 1 aliphatic heterocycles. The quantitative estimate of drug-likeness (QED) is 0.608. The molecule has 0 spiro atoms. The zero-order chi connectivity index (χ0) is 13.2. The van der Waals surface area contributed by atoms with Crippen LogP contribution in [0.25, 0.3) is 0 Å². The van der Waals surface area contributed by atoms with Crippen molar-refractivity contribution in [2.45, 2.75) is 25.7 Å². The first-order chi connectivity index (χ1) is 8.50. The smallest absolute Gasteiger partial charge is 0.418 e. The van der Waals surface area contributed by atoms with Gasteiger partial charge in [0.25, 0.3) is 0 Å². The van der Waals surface area contributed by atoms with Gasteiger partial charge in [-0.3, -0.25) is 9.47 Å². The molecule has 0 aromatic heterocycles. The van der Waals surface area contributed by atoms with E-state index in [0.29, 0.717) is 11.3 Å². The number of rotatable bonds is 3. The Hall–Kier alpha value is -1.90. The van der Waals surface area contributed by atoms with Gasteiger partial charge >= 0.3 is 6.10 Å². The Morgan fingerprint density at radius 3 is 2.56 bits per heavy atom. The van der Waals surface area contributed by atoms with Crippen molar-refractivity contribution in [3.05, 3.63) is 29.8 Å². The van der Waals surface area contributed by atoms with Gasteiger partial charge in [0.1, 0.15) is 5.75 Å². The molecule has 1 aliphatic rings. The summed E-state index contributed by atoms with van der Waals surface area (Å²) >= 11 is 0. The largest absolute Gasteiger partial charge is 0.461 e. The number of nitrogens with zero attached hydrogens (tertiary/aromatic N) is 2. The molecule has 0 radical (unpaired) electrons. The van der Waals surface area contributed by atoms with Gasteiger partial charge in [0.2, 0.25) is 0 Å². The van der Waals surface area contributed by atoms with Gasteiger partial charge in [-0.05, 0) is 26.0 Å². The Morgan fingerprint density at radius 1 is 1.28 bits per heavy atom. The molecule has 0 aliphatic carbocycles. The van der Waals surface area contributed by atoms with Crippen molar-refractivity contribution in [3.8, 4) is 18.1 Å². The maximum Gasteiger partial charge on any atom is 0.461 e. The van der Waals surface area contributed by atoms with Crippen molar-refractivity contribution in [3.63, 3.8) is 0 Å². The van der Waals surface area contributed by atoms with E-state index in [-0.39, 0.29) is 0 Å². The number of benzene rings is 1. The number of ether oxygens (including phenoxy) is 3. The molecule has 0 saturated heterocycles. The van der Waals surface area contributed by atoms with E-state index in [1.165, 1.54) is 7.11 Å². The minimum Gasteiger partial charge on any atom is -0.418 e. The second-order valence-electron chi connectivity index (χ2n) is 4.22. The highest BCUT2D eigenvalue weighted by molar-refractivity contribution is 5.44. The monoisotopic (exact) mass is 246 g/mol. The lowest BCUT2D eigenvalue weighted by atomic mass is 10.2. The summed E-state index contributed by atoms with van der Waals surface area (Å²) < 4.78 is 16.3. The molecule has 5 heteroatoms. The highest BCUT2D eigenvalue weighted by Crippen LogP contribution is 2.35. The first-order valence-corrected chi connectivity index (χ1v) is 5.44. The number of para-hydroxylation sites is 1. The molecule has 1 heterocycles. The second kappa shape index (κ2) is 4.41. The van der Waals surface area contributed by atoms with Crippen LogP contribution in [0.3, 0.4) is 0 Å². The molecule has 2 rings (SSSR count). The second-order valence-corrected chi connectivity index (χ2v) is 4.22. The molecule has 1 aromatic rings. The van der Waals surface area contributed by atoms with Gasteiger partial charge in [-0.1, -0.05) is 23.2 Å². The Bertz CT molecular complexity index is 519. The summed E-state index contributed by atoms with van der Waals surface area (Å²) in [6.45, 7) is 3.52. The van der Waals surface area contributed by atoms with Gasteiger partial charge in [0.15, 0.2) is 5.72 Å². The standard InChI is InChI=1S/C13H14N2O3/c1-5-10-8-6-7-9-11(10)17-13(16-4)15-14-12(2,3)18-13/h1,6-9H,2-4H3. The predicted octanol–water partition coefficient (Wildman–Crippen LogP) is 2.52. The van der Waals surface area contributed by atoms with Gasteiger partial charge in [0, 0.05) is 7.11 Å². The van der Waals surface area contributed by atoms with Crippen molar-refractivity contribution in [1.82, 2.24) is 0 Å². The number of methoxy groups -OCH3 is 1. The fraction of sp³-hybridized carbons (Fsp3) is 0.385. The predicted molar refractivity (Wildman–Crippen MR) is 64.8 cm³/mol. The van der Waals surface area contributed by atoms with Gasteiger partial charge in [0.05, 0.1) is 5.56 Å². The molecular formula is C13H14N2O3. The fourth-order valence-corrected chi connectivity index (χ4v) is 1.52. The molecule has 0 fully saturated rings. The summed E-state index contributed by atoms with van der Waals surface area (Å²) in [6.07, 6.45) is 3.82. The summed E-state index contributed by atoms with van der Waals surface area (Å²) in [4.78, 5) is 0. The maximum absolute atomic E-state index is 5.62. The molecule has 0 saturated carbocycles. The number of azo groups is 1. The SMILES string of the molecule is C#Cc1ccccc1OC1(OC)N=NC(C)(C)O1. The van der Waals surface area contributed by atoms with E-state index in [1.807, 2.05) is 6.07 Å². The average molecular weight is 246 g/mol. The maximum atomic E-state index is 5.62. The van der Waals surface area contributed by atoms with Crippen molar-refractivity contribution in [1.29, 1.82) is 0 Å². The first kappa shape index (κ1) is 12.6. The number of hydrogen-bond donors (Lipinski definition) is 0. The summed E-state index contributed by atoms with van der Waals surface area (Å²) in [7, 11) is 1.43. The van der Waals surface area contributed by atoms with Crippen LogP contribution in [-0.2, 0) is 9.47 Å². The van der Waals surface area contributed by atoms with E-state index in [4.69, 9.17) is 20.6 Å². The lowest BCUT2D eigenvalue weighted by Gasteiger charge is -2.26. The van der Waals surface area contributed by atoms with Crippen molar-refractivity contribution >= 4 is 0 Å². The summed E-state index contributed by atoms with van der Waals surface area (Å²) in [5.74, 6) is 2.98. The summed E-state index contributed by atoms with van der Waals surface area (Å²) in [6, 6.07) is 7.11. The van der Waals surface area contributed by atoms with Crippen molar-refractivity contribution < 1.29 is 14.2 Å². The molecule has 18 heavy (non-hydrogen) atoms. The topological polar surface area (TPSA) is 52.4 Å². The Morgan fingerprint density at radius 2 is 2.00 bits per heavy atom. The minimum absolute atomic E-state index is 0.457. The van der Waals surface area contributed by atoms with Crippen molar-refractivity contribution in [2.24, 2.45) is 10.2 Å². The van der Waals surface area contributed by atoms with Crippen molar-refractivity contribution in [2.75, 3.05) is 7.11 Å². The third-order valence-electron chi connectivity index (χ3n) is 2.33. The average Bonchev–Trinajstić information content (AvgIpc) is 2.66. The van der Waals surface area contributed by atoms with Crippen LogP contribution in [0, 0.1) is 12.3 Å². The fourth-order valence-electron chi connectivity index (χ4n) is 1.52. The van der Waals surface area contributed by atoms with E-state index in [0.717, 1.165) is 0 Å². The van der Waals surface area contributed by atoms with Crippen LogP contribution in [-0.4, -0.2) is 18.9 Å². The molecule has 1 aromatic carbocycles. The van der Waals surface area contributed by atoms with Gasteiger partial charge in [-0.2, -0.15) is 5.11 Å². The van der Waals surface area contributed by atoms with Gasteiger partial charge < -0.3 is 4.74 Å². The Balaban J connectivity index is 2.28. The number of hydrogen-bond acceptors (Lipinski definition) is 5. The third kappa shape index (κ3) is 2.35. The van der Waals surface area contributed by atoms with E-state index in [1.54, 1.807) is 32.0 Å². The molecule has 0 N–H and O–H groups in total. The summed E-state index contributed by atoms with van der Waals surface area (Å²) in [5.41, 5.74) is -0.196. The zero-order valence-corrected chi connectivity index (χ0v) is 10.5. The summed E-state index contributed by atoms with van der Waals surface area (Å²) in [5, 5.41) is 7.84. The van der Waals surface area contributed by atoms with Crippen LogP contribution < -0.4 is 4.74 Å². The highest BCUT2D eigenvalue weighted by atomic mass is 16.9. The van der Waals surface area contributed by atoms with Crippen LogP contribution in [0.2, 0.25) is 0 Å².